The Balaban J connectivity index is 1.47. The van der Waals surface area contributed by atoms with E-state index in [0.29, 0.717) is 24.2 Å². The van der Waals surface area contributed by atoms with Gasteiger partial charge in [-0.05, 0) is 32.9 Å². The molecular weight excluding hydrogens is 382 g/mol. The normalized spacial score (nSPS) is 17.5. The van der Waals surface area contributed by atoms with Crippen LogP contribution in [-0.2, 0) is 6.54 Å². The summed E-state index contributed by atoms with van der Waals surface area (Å²) in [5, 5.41) is 14.8. The van der Waals surface area contributed by atoms with Crippen LogP contribution >= 0.6 is 0 Å². The van der Waals surface area contributed by atoms with Gasteiger partial charge < -0.3 is 25.4 Å². The summed E-state index contributed by atoms with van der Waals surface area (Å²) in [6, 6.07) is 3.98. The van der Waals surface area contributed by atoms with E-state index in [4.69, 9.17) is 15.2 Å². The van der Waals surface area contributed by atoms with Crippen molar-refractivity contribution < 1.29 is 4.52 Å². The van der Waals surface area contributed by atoms with Crippen LogP contribution in [0.4, 0.5) is 17.6 Å². The van der Waals surface area contributed by atoms with Crippen LogP contribution < -0.4 is 16.0 Å². The van der Waals surface area contributed by atoms with Crippen molar-refractivity contribution in [3.8, 4) is 11.3 Å². The van der Waals surface area contributed by atoms with Gasteiger partial charge in [0, 0.05) is 38.2 Å². The van der Waals surface area contributed by atoms with Crippen LogP contribution in [0.25, 0.3) is 11.3 Å². The maximum Gasteiger partial charge on any atom is 0.227 e. The van der Waals surface area contributed by atoms with E-state index < -0.39 is 0 Å². The highest BCUT2D eigenvalue weighted by Crippen LogP contribution is 2.41. The first-order valence-corrected chi connectivity index (χ1v) is 10.4. The Morgan fingerprint density at radius 2 is 2.00 bits per heavy atom. The number of nitrogens with one attached hydrogen (secondary N) is 2. The molecule has 0 radical (unpaired) electrons. The molecule has 0 bridgehead atoms. The number of likely N-dealkylation sites (N-methyl/N-ethyl adjacent to an activating group) is 1. The second kappa shape index (κ2) is 7.60. The number of anilines is 3. The SMILES string of the molecule is Cc1cc(CNc2nc(N)c(-c3cc(C4CC4)n[nH]3)c(N3CCN(C)CC3)n2)on1. The van der Waals surface area contributed by atoms with E-state index in [1.165, 1.54) is 12.8 Å². The zero-order valence-electron chi connectivity index (χ0n) is 17.4. The van der Waals surface area contributed by atoms with Crippen molar-refractivity contribution in [3.63, 3.8) is 0 Å². The second-order valence-corrected chi connectivity index (χ2v) is 8.19. The Bertz CT molecular complexity index is 1030. The molecule has 10 nitrogen and oxygen atoms in total. The molecule has 0 aromatic carbocycles. The molecule has 5 rings (SSSR count). The lowest BCUT2D eigenvalue weighted by Gasteiger charge is -2.34. The smallest absolute Gasteiger partial charge is 0.227 e. The van der Waals surface area contributed by atoms with E-state index in [1.807, 2.05) is 13.0 Å². The summed E-state index contributed by atoms with van der Waals surface area (Å²) < 4.78 is 5.27. The minimum absolute atomic E-state index is 0.432. The Kier molecular flexibility index (Phi) is 4.78. The fourth-order valence-electron chi connectivity index (χ4n) is 3.77. The molecule has 4 heterocycles. The number of nitrogen functional groups attached to an aromatic ring is 1. The van der Waals surface area contributed by atoms with Crippen LogP contribution in [0.2, 0.25) is 0 Å². The van der Waals surface area contributed by atoms with Gasteiger partial charge in [0.15, 0.2) is 5.76 Å². The predicted molar refractivity (Wildman–Crippen MR) is 114 cm³/mol. The van der Waals surface area contributed by atoms with Gasteiger partial charge in [0.2, 0.25) is 5.95 Å². The van der Waals surface area contributed by atoms with Crippen LogP contribution in [0.1, 0.15) is 35.9 Å². The van der Waals surface area contributed by atoms with Crippen molar-refractivity contribution >= 4 is 17.6 Å². The van der Waals surface area contributed by atoms with Crippen LogP contribution in [0.15, 0.2) is 16.7 Å². The predicted octanol–water partition coefficient (Wildman–Crippen LogP) is 1.99. The van der Waals surface area contributed by atoms with Crippen LogP contribution in [0.3, 0.4) is 0 Å². The molecule has 1 saturated carbocycles. The molecule has 4 N–H and O–H groups in total. The Morgan fingerprint density at radius 1 is 1.20 bits per heavy atom. The molecule has 0 amide bonds. The molecule has 2 aliphatic rings. The third-order valence-electron chi connectivity index (χ3n) is 5.68. The molecule has 0 unspecified atom stereocenters. The van der Waals surface area contributed by atoms with Gasteiger partial charge in [-0.1, -0.05) is 5.16 Å². The second-order valence-electron chi connectivity index (χ2n) is 8.19. The molecule has 158 valence electrons. The molecule has 3 aromatic rings. The molecule has 1 aliphatic carbocycles. The first-order valence-electron chi connectivity index (χ1n) is 10.4. The largest absolute Gasteiger partial charge is 0.383 e. The Hall–Kier alpha value is -3.14. The summed E-state index contributed by atoms with van der Waals surface area (Å²) in [5.41, 5.74) is 10.1. The molecule has 0 spiro atoms. The van der Waals surface area contributed by atoms with Gasteiger partial charge in [-0.25, -0.2) is 0 Å². The summed E-state index contributed by atoms with van der Waals surface area (Å²) in [4.78, 5) is 14.0. The quantitative estimate of drug-likeness (QED) is 0.560. The van der Waals surface area contributed by atoms with Gasteiger partial charge in [0.1, 0.15) is 11.6 Å². The van der Waals surface area contributed by atoms with Crippen LogP contribution in [-0.4, -0.2) is 63.4 Å². The van der Waals surface area contributed by atoms with Crippen LogP contribution in [0.5, 0.6) is 0 Å². The lowest BCUT2D eigenvalue weighted by Crippen LogP contribution is -2.45. The van der Waals surface area contributed by atoms with Gasteiger partial charge in [-0.15, -0.1) is 0 Å². The zero-order valence-corrected chi connectivity index (χ0v) is 17.4. The summed E-state index contributed by atoms with van der Waals surface area (Å²) in [6.45, 7) is 6.04. The molecule has 10 heteroatoms. The number of aromatic amines is 1. The van der Waals surface area contributed by atoms with Crippen molar-refractivity contribution in [1.29, 1.82) is 0 Å². The fraction of sp³-hybridized carbons (Fsp3) is 0.500. The molecule has 3 aromatic heterocycles. The highest BCUT2D eigenvalue weighted by molar-refractivity contribution is 5.83. The first kappa shape index (κ1) is 18.9. The Labute approximate surface area is 174 Å². The van der Waals surface area contributed by atoms with Gasteiger partial charge >= 0.3 is 0 Å². The van der Waals surface area contributed by atoms with Gasteiger partial charge in [-0.3, -0.25) is 5.10 Å². The van der Waals surface area contributed by atoms with E-state index in [9.17, 15) is 0 Å². The maximum absolute atomic E-state index is 6.45. The van der Waals surface area contributed by atoms with Gasteiger partial charge in [-0.2, -0.15) is 15.1 Å². The third kappa shape index (κ3) is 3.82. The number of nitrogens with zero attached hydrogens (tertiary/aromatic N) is 6. The minimum atomic E-state index is 0.432. The highest BCUT2D eigenvalue weighted by atomic mass is 16.5. The Morgan fingerprint density at radius 3 is 2.70 bits per heavy atom. The van der Waals surface area contributed by atoms with Crippen molar-refractivity contribution in [2.24, 2.45) is 0 Å². The summed E-state index contributed by atoms with van der Waals surface area (Å²) in [6.07, 6.45) is 2.40. The van der Waals surface area contributed by atoms with Crippen LogP contribution in [0, 0.1) is 6.92 Å². The van der Waals surface area contributed by atoms with E-state index in [-0.39, 0.29) is 0 Å². The monoisotopic (exact) mass is 409 g/mol. The average Bonchev–Trinajstić information content (AvgIpc) is 3.32. The van der Waals surface area contributed by atoms with Gasteiger partial charge in [0.25, 0.3) is 0 Å². The standard InChI is InChI=1S/C20H27N9O/c1-12-9-14(30-27-12)11-22-20-23-18(21)17(16-10-15(25-26-16)13-3-4-13)19(24-20)29-7-5-28(2)6-8-29/h9-10,13H,3-8,11H2,1-2H3,(H,25,26)(H3,21,22,23,24). The molecular formula is C20H27N9O. The number of piperazine rings is 1. The third-order valence-corrected chi connectivity index (χ3v) is 5.68. The molecule has 2 fully saturated rings. The number of aryl methyl sites for hydroxylation is 1. The van der Waals surface area contributed by atoms with Crippen molar-refractivity contribution in [2.75, 3.05) is 49.2 Å². The number of H-pyrrole nitrogens is 1. The molecule has 30 heavy (non-hydrogen) atoms. The zero-order chi connectivity index (χ0) is 20.7. The van der Waals surface area contributed by atoms with E-state index in [0.717, 1.165) is 60.4 Å². The number of aromatic nitrogens is 5. The van der Waals surface area contributed by atoms with E-state index in [1.54, 1.807) is 0 Å². The van der Waals surface area contributed by atoms with E-state index in [2.05, 4.69) is 48.6 Å². The lowest BCUT2D eigenvalue weighted by molar-refractivity contribution is 0.312. The van der Waals surface area contributed by atoms with Gasteiger partial charge in [0.05, 0.1) is 29.2 Å². The molecule has 1 aliphatic heterocycles. The molecule has 0 atom stereocenters. The summed E-state index contributed by atoms with van der Waals surface area (Å²) in [7, 11) is 2.13. The summed E-state index contributed by atoms with van der Waals surface area (Å²) in [5.74, 6) is 3.03. The number of hydrogen-bond donors (Lipinski definition) is 3. The number of hydrogen-bond acceptors (Lipinski definition) is 9. The molecule has 1 saturated heterocycles. The van der Waals surface area contributed by atoms with Crippen molar-refractivity contribution in [2.45, 2.75) is 32.2 Å². The first-order chi connectivity index (χ1) is 14.6. The lowest BCUT2D eigenvalue weighted by atomic mass is 10.1. The highest BCUT2D eigenvalue weighted by Gasteiger charge is 2.28. The fourth-order valence-corrected chi connectivity index (χ4v) is 3.77. The van der Waals surface area contributed by atoms with Crippen molar-refractivity contribution in [3.05, 3.63) is 29.3 Å². The minimum Gasteiger partial charge on any atom is -0.383 e. The summed E-state index contributed by atoms with van der Waals surface area (Å²) >= 11 is 0. The van der Waals surface area contributed by atoms with E-state index >= 15 is 0 Å². The topological polar surface area (TPSA) is 125 Å². The average molecular weight is 409 g/mol. The number of rotatable bonds is 6. The number of nitrogens with two attached hydrogens (primary N) is 1. The van der Waals surface area contributed by atoms with Crippen molar-refractivity contribution in [1.82, 2.24) is 30.2 Å². The maximum atomic E-state index is 6.45.